The molecule has 0 aliphatic heterocycles. The van der Waals surface area contributed by atoms with E-state index in [-0.39, 0.29) is 12.0 Å². The molecule has 0 atom stereocenters. The van der Waals surface area contributed by atoms with Gasteiger partial charge >= 0.3 is 0 Å². The van der Waals surface area contributed by atoms with Crippen LogP contribution in [-0.2, 0) is 12.0 Å². The highest BCUT2D eigenvalue weighted by atomic mass is 16.3. The molecule has 0 aliphatic rings. The number of aliphatic hydroxyl groups is 1. The average Bonchev–Trinajstić information content (AvgIpc) is 2.18. The lowest BCUT2D eigenvalue weighted by atomic mass is 9.82. The Morgan fingerprint density at radius 3 is 2.46 bits per heavy atom. The van der Waals surface area contributed by atoms with E-state index in [1.165, 1.54) is 0 Å². The molecular weight excluding hydrogens is 162 g/mol. The van der Waals surface area contributed by atoms with E-state index in [9.17, 15) is 5.11 Å². The molecule has 0 unspecified atom stereocenters. The predicted molar refractivity (Wildman–Crippen MR) is 54.4 cm³/mol. The number of hydrogen-bond acceptors (Lipinski definition) is 2. The van der Waals surface area contributed by atoms with Gasteiger partial charge in [-0.1, -0.05) is 38.1 Å². The van der Waals surface area contributed by atoms with Crippen LogP contribution in [-0.4, -0.2) is 11.7 Å². The summed E-state index contributed by atoms with van der Waals surface area (Å²) >= 11 is 0. The Hall–Kier alpha value is -0.860. The third-order valence-electron chi connectivity index (χ3n) is 2.36. The van der Waals surface area contributed by atoms with Crippen LogP contribution in [0.2, 0.25) is 0 Å². The van der Waals surface area contributed by atoms with E-state index in [0.717, 1.165) is 11.1 Å². The van der Waals surface area contributed by atoms with E-state index in [1.807, 2.05) is 38.1 Å². The first-order valence-electron chi connectivity index (χ1n) is 4.51. The number of rotatable bonds is 3. The highest BCUT2D eigenvalue weighted by Crippen LogP contribution is 2.25. The van der Waals surface area contributed by atoms with Crippen LogP contribution in [0.4, 0.5) is 0 Å². The molecule has 0 bridgehead atoms. The average molecular weight is 179 g/mol. The molecule has 0 heterocycles. The molecule has 0 amide bonds. The summed E-state index contributed by atoms with van der Waals surface area (Å²) in [5, 5.41) is 9.23. The Kier molecular flexibility index (Phi) is 3.07. The zero-order valence-electron chi connectivity index (χ0n) is 8.25. The maximum absolute atomic E-state index is 9.23. The molecule has 1 aromatic rings. The van der Waals surface area contributed by atoms with E-state index in [0.29, 0.717) is 6.54 Å². The van der Waals surface area contributed by atoms with Gasteiger partial charge in [0.1, 0.15) is 0 Å². The lowest BCUT2D eigenvalue weighted by molar-refractivity contribution is 0.218. The largest absolute Gasteiger partial charge is 0.395 e. The summed E-state index contributed by atoms with van der Waals surface area (Å²) < 4.78 is 0. The van der Waals surface area contributed by atoms with Gasteiger partial charge in [0, 0.05) is 12.0 Å². The van der Waals surface area contributed by atoms with Gasteiger partial charge in [-0.2, -0.15) is 0 Å². The fourth-order valence-corrected chi connectivity index (χ4v) is 1.44. The summed E-state index contributed by atoms with van der Waals surface area (Å²) in [4.78, 5) is 0. The molecular formula is C11H17NO. The Balaban J connectivity index is 3.12. The van der Waals surface area contributed by atoms with Crippen molar-refractivity contribution in [1.29, 1.82) is 0 Å². The number of nitrogens with two attached hydrogens (primary N) is 1. The minimum Gasteiger partial charge on any atom is -0.395 e. The second kappa shape index (κ2) is 3.90. The second-order valence-electron chi connectivity index (χ2n) is 3.90. The quantitative estimate of drug-likeness (QED) is 0.737. The van der Waals surface area contributed by atoms with Crippen LogP contribution in [0.15, 0.2) is 24.3 Å². The molecule has 13 heavy (non-hydrogen) atoms. The van der Waals surface area contributed by atoms with Gasteiger partial charge in [-0.15, -0.1) is 0 Å². The molecule has 0 saturated heterocycles. The molecule has 0 spiro atoms. The highest BCUT2D eigenvalue weighted by Gasteiger charge is 2.21. The minimum atomic E-state index is -0.198. The van der Waals surface area contributed by atoms with Gasteiger partial charge in [-0.3, -0.25) is 0 Å². The standard InChI is InChI=1S/C11H17NO/c1-11(2,8-13)10-6-4-3-5-9(10)7-12/h3-6,13H,7-8,12H2,1-2H3. The zero-order chi connectivity index (χ0) is 9.90. The van der Waals surface area contributed by atoms with E-state index < -0.39 is 0 Å². The fraction of sp³-hybridized carbons (Fsp3) is 0.455. The Morgan fingerprint density at radius 2 is 1.92 bits per heavy atom. The third-order valence-corrected chi connectivity index (χ3v) is 2.36. The fourth-order valence-electron chi connectivity index (χ4n) is 1.44. The van der Waals surface area contributed by atoms with Gasteiger partial charge in [0.25, 0.3) is 0 Å². The van der Waals surface area contributed by atoms with Crippen LogP contribution in [0.5, 0.6) is 0 Å². The number of aliphatic hydroxyl groups excluding tert-OH is 1. The lowest BCUT2D eigenvalue weighted by Gasteiger charge is -2.24. The van der Waals surface area contributed by atoms with Crippen molar-refractivity contribution < 1.29 is 5.11 Å². The summed E-state index contributed by atoms with van der Waals surface area (Å²) in [7, 11) is 0. The summed E-state index contributed by atoms with van der Waals surface area (Å²) in [6.45, 7) is 4.70. The normalized spacial score (nSPS) is 11.7. The maximum Gasteiger partial charge on any atom is 0.0522 e. The van der Waals surface area contributed by atoms with E-state index in [4.69, 9.17) is 5.73 Å². The molecule has 1 rings (SSSR count). The number of hydrogen-bond donors (Lipinski definition) is 2. The first-order chi connectivity index (χ1) is 6.11. The smallest absolute Gasteiger partial charge is 0.0522 e. The molecule has 0 fully saturated rings. The van der Waals surface area contributed by atoms with Crippen molar-refractivity contribution >= 4 is 0 Å². The van der Waals surface area contributed by atoms with Crippen molar-refractivity contribution in [2.75, 3.05) is 6.61 Å². The van der Waals surface area contributed by atoms with Crippen LogP contribution in [0, 0.1) is 0 Å². The van der Waals surface area contributed by atoms with Gasteiger partial charge < -0.3 is 10.8 Å². The van der Waals surface area contributed by atoms with Crippen molar-refractivity contribution in [3.63, 3.8) is 0 Å². The first-order valence-corrected chi connectivity index (χ1v) is 4.51. The molecule has 2 nitrogen and oxygen atoms in total. The summed E-state index contributed by atoms with van der Waals surface area (Å²) in [6, 6.07) is 7.98. The van der Waals surface area contributed by atoms with Crippen LogP contribution < -0.4 is 5.73 Å². The zero-order valence-corrected chi connectivity index (χ0v) is 8.25. The van der Waals surface area contributed by atoms with Crippen LogP contribution in [0.1, 0.15) is 25.0 Å². The van der Waals surface area contributed by atoms with E-state index >= 15 is 0 Å². The van der Waals surface area contributed by atoms with Crippen LogP contribution in [0.3, 0.4) is 0 Å². The van der Waals surface area contributed by atoms with E-state index in [2.05, 4.69) is 0 Å². The summed E-state index contributed by atoms with van der Waals surface area (Å²) in [5.74, 6) is 0. The Labute approximate surface area is 79.4 Å². The van der Waals surface area contributed by atoms with Crippen molar-refractivity contribution in [2.24, 2.45) is 5.73 Å². The van der Waals surface area contributed by atoms with Crippen molar-refractivity contribution in [2.45, 2.75) is 25.8 Å². The van der Waals surface area contributed by atoms with Gasteiger partial charge in [-0.05, 0) is 11.1 Å². The van der Waals surface area contributed by atoms with Gasteiger partial charge in [0.05, 0.1) is 6.61 Å². The van der Waals surface area contributed by atoms with Crippen molar-refractivity contribution in [3.05, 3.63) is 35.4 Å². The molecule has 1 aromatic carbocycles. The maximum atomic E-state index is 9.23. The molecule has 72 valence electrons. The number of benzene rings is 1. The Bertz CT molecular complexity index is 281. The van der Waals surface area contributed by atoms with Gasteiger partial charge in [0.2, 0.25) is 0 Å². The second-order valence-corrected chi connectivity index (χ2v) is 3.90. The Morgan fingerprint density at radius 1 is 1.31 bits per heavy atom. The van der Waals surface area contributed by atoms with Gasteiger partial charge in [-0.25, -0.2) is 0 Å². The van der Waals surface area contributed by atoms with Crippen LogP contribution in [0.25, 0.3) is 0 Å². The molecule has 3 N–H and O–H groups in total. The monoisotopic (exact) mass is 179 g/mol. The minimum absolute atomic E-state index is 0.143. The highest BCUT2D eigenvalue weighted by molar-refractivity contribution is 5.33. The lowest BCUT2D eigenvalue weighted by Crippen LogP contribution is -2.24. The van der Waals surface area contributed by atoms with Crippen LogP contribution >= 0.6 is 0 Å². The third kappa shape index (κ3) is 2.08. The summed E-state index contributed by atoms with van der Waals surface area (Å²) in [5.41, 5.74) is 7.67. The summed E-state index contributed by atoms with van der Waals surface area (Å²) in [6.07, 6.45) is 0. The van der Waals surface area contributed by atoms with Crippen molar-refractivity contribution in [1.82, 2.24) is 0 Å². The predicted octanol–water partition coefficient (Wildman–Crippen LogP) is 1.42. The molecule has 0 radical (unpaired) electrons. The molecule has 0 aromatic heterocycles. The van der Waals surface area contributed by atoms with Gasteiger partial charge in [0.15, 0.2) is 0 Å². The molecule has 2 heteroatoms. The molecule has 0 saturated carbocycles. The first kappa shape index (κ1) is 10.2. The van der Waals surface area contributed by atoms with E-state index in [1.54, 1.807) is 0 Å². The SMILES string of the molecule is CC(C)(CO)c1ccccc1CN. The molecule has 0 aliphatic carbocycles. The topological polar surface area (TPSA) is 46.2 Å². The van der Waals surface area contributed by atoms with Crippen molar-refractivity contribution in [3.8, 4) is 0 Å².